The highest BCUT2D eigenvalue weighted by molar-refractivity contribution is 6.03. The van der Waals surface area contributed by atoms with E-state index in [1.54, 1.807) is 0 Å². The molecule has 0 unspecified atom stereocenters. The van der Waals surface area contributed by atoms with Gasteiger partial charge in [-0.3, -0.25) is 19.2 Å². The van der Waals surface area contributed by atoms with E-state index in [0.717, 1.165) is 0 Å². The molecule has 4 aromatic carbocycles. The van der Waals surface area contributed by atoms with Crippen LogP contribution in [0.2, 0.25) is 0 Å². The number of amides is 4. The van der Waals surface area contributed by atoms with Gasteiger partial charge in [-0.15, -0.1) is 0 Å². The number of halogens is 12. The number of carbonyl (C=O) groups is 4. The fraction of sp³-hybridized carbons (Fsp3) is 0.0769. The van der Waals surface area contributed by atoms with E-state index >= 15 is 0 Å². The Hall–Kier alpha value is -9.48. The maximum Gasteiger partial charge on any atom is 0.471 e. The zero-order chi connectivity index (χ0) is 54.5. The van der Waals surface area contributed by atoms with Crippen LogP contribution in [0.3, 0.4) is 0 Å². The summed E-state index contributed by atoms with van der Waals surface area (Å²) in [6.45, 7) is 0. The molecule has 0 saturated carbocycles. The minimum absolute atomic E-state index is 0.109. The van der Waals surface area contributed by atoms with E-state index in [1.807, 2.05) is 21.3 Å². The Morgan fingerprint density at radius 2 is 0.539 bits per heavy atom. The van der Waals surface area contributed by atoms with Crippen LogP contribution in [0, 0.1) is 0 Å². The number of rotatable bonds is 8. The maximum atomic E-state index is 13.5. The highest BCUT2D eigenvalue weighted by atomic mass is 19.4. The van der Waals surface area contributed by atoms with Gasteiger partial charge in [0.15, 0.2) is 0 Å². The van der Waals surface area contributed by atoms with Gasteiger partial charge in [0.25, 0.3) is 0 Å². The van der Waals surface area contributed by atoms with Gasteiger partial charge in [-0.05, 0) is 119 Å². The number of fused-ring (bicyclic) bond motifs is 8. The first kappa shape index (κ1) is 51.4. The highest BCUT2D eigenvalue weighted by Gasteiger charge is 2.41. The molecule has 7 aromatic rings. The molecule has 0 saturated heterocycles. The Labute approximate surface area is 418 Å². The molecular weight excluding hydrogens is 1030 g/mol. The number of H-pyrrole nitrogens is 2. The monoisotopic (exact) mass is 1060 g/mol. The molecule has 2 aliphatic rings. The Balaban J connectivity index is 1.39. The standard InChI is InChI=1S/C52H30F12N8O4/c53-49(54,55)45(73)65-29-9-1-5-25(21-29)41-33-13-15-35(69-33)42(26-6-2-10-30(22-26)66-46(74)50(56,57)58)37-17-19-39(71-37)44(28-8-4-12-32(24-28)68-48(76)52(62,63)64)40-20-18-38(72-40)43(36-16-14-34(41)70-36)27-7-3-11-31(23-27)67-47(75)51(59,60)61/h1-24,69,72H,(H,65,73)(H,66,74)(H,67,75)(H,68,76). The van der Waals surface area contributed by atoms with Gasteiger partial charge in [-0.2, -0.15) is 52.7 Å². The van der Waals surface area contributed by atoms with E-state index in [0.29, 0.717) is 0 Å². The summed E-state index contributed by atoms with van der Waals surface area (Å²) in [5.41, 5.74) is 1.45. The molecule has 12 nitrogen and oxygen atoms in total. The lowest BCUT2D eigenvalue weighted by Crippen LogP contribution is -2.29. The first-order valence-corrected chi connectivity index (χ1v) is 21.9. The number of alkyl halides is 12. The maximum absolute atomic E-state index is 13.5. The molecule has 6 N–H and O–H groups in total. The Morgan fingerprint density at radius 1 is 0.329 bits per heavy atom. The smallest absolute Gasteiger partial charge is 0.354 e. The highest BCUT2D eigenvalue weighted by Crippen LogP contribution is 2.40. The second kappa shape index (κ2) is 19.4. The quantitative estimate of drug-likeness (QED) is 0.0826. The molecular formula is C52H30F12N8O4. The molecule has 24 heteroatoms. The van der Waals surface area contributed by atoms with Crippen LogP contribution in [0.5, 0.6) is 0 Å². The zero-order valence-electron chi connectivity index (χ0n) is 37.9. The van der Waals surface area contributed by atoms with E-state index in [1.165, 1.54) is 146 Å². The van der Waals surface area contributed by atoms with E-state index in [4.69, 9.17) is 9.97 Å². The summed E-state index contributed by atoms with van der Waals surface area (Å²) in [5.74, 6) is -9.12. The van der Waals surface area contributed by atoms with Crippen molar-refractivity contribution in [2.24, 2.45) is 0 Å². The average molecular weight is 1060 g/mol. The second-order valence-corrected chi connectivity index (χ2v) is 16.6. The van der Waals surface area contributed by atoms with Crippen molar-refractivity contribution in [1.82, 2.24) is 19.9 Å². The molecule has 5 heterocycles. The molecule has 0 radical (unpaired) electrons. The molecule has 9 rings (SSSR count). The van der Waals surface area contributed by atoms with E-state index in [-0.39, 0.29) is 112 Å². The van der Waals surface area contributed by atoms with Crippen molar-refractivity contribution in [2.45, 2.75) is 24.7 Å². The van der Waals surface area contributed by atoms with Crippen LogP contribution in [0.25, 0.3) is 90.9 Å². The predicted octanol–water partition coefficient (Wildman–Crippen LogP) is 13.3. The summed E-state index contributed by atoms with van der Waals surface area (Å²) < 4.78 is 162. The topological polar surface area (TPSA) is 174 Å². The fourth-order valence-electron chi connectivity index (χ4n) is 8.24. The summed E-state index contributed by atoms with van der Waals surface area (Å²) in [5, 5.41) is 7.25. The molecule has 0 atom stereocenters. The zero-order valence-corrected chi connectivity index (χ0v) is 37.9. The molecule has 76 heavy (non-hydrogen) atoms. The van der Waals surface area contributed by atoms with E-state index < -0.39 is 48.3 Å². The van der Waals surface area contributed by atoms with Gasteiger partial charge >= 0.3 is 48.3 Å². The third-order valence-corrected chi connectivity index (χ3v) is 11.4. The van der Waals surface area contributed by atoms with Crippen molar-refractivity contribution in [3.63, 3.8) is 0 Å². The summed E-state index contributed by atoms with van der Waals surface area (Å²) in [4.78, 5) is 64.7. The Morgan fingerprint density at radius 3 is 0.737 bits per heavy atom. The summed E-state index contributed by atoms with van der Waals surface area (Å²) in [6, 6.07) is 27.2. The Kier molecular flexibility index (Phi) is 13.1. The number of hydrogen-bond donors (Lipinski definition) is 6. The van der Waals surface area contributed by atoms with E-state index in [9.17, 15) is 71.9 Å². The normalized spacial score (nSPS) is 12.6. The molecule has 2 aliphatic heterocycles. The molecule has 4 amide bonds. The minimum atomic E-state index is -5.27. The van der Waals surface area contributed by atoms with Crippen molar-refractivity contribution >= 4 is 92.7 Å². The lowest BCUT2D eigenvalue weighted by atomic mass is 10.0. The Bertz CT molecular complexity index is 3300. The molecule has 0 spiro atoms. The van der Waals surface area contributed by atoms with Crippen LogP contribution in [0.15, 0.2) is 121 Å². The van der Waals surface area contributed by atoms with Gasteiger partial charge in [0.05, 0.1) is 22.8 Å². The van der Waals surface area contributed by atoms with Gasteiger partial charge in [0, 0.05) is 67.1 Å². The van der Waals surface area contributed by atoms with Crippen molar-refractivity contribution in [2.75, 3.05) is 21.3 Å². The second-order valence-electron chi connectivity index (χ2n) is 16.6. The summed E-state index contributed by atoms with van der Waals surface area (Å²) in [7, 11) is 0. The molecule has 386 valence electrons. The average Bonchev–Trinajstić information content (AvgIpc) is 4.21. The number of carbonyl (C=O) groups excluding carboxylic acids is 4. The van der Waals surface area contributed by atoms with E-state index in [2.05, 4.69) is 9.97 Å². The number of nitrogens with zero attached hydrogens (tertiary/aromatic N) is 2. The van der Waals surface area contributed by atoms with Crippen LogP contribution >= 0.6 is 0 Å². The SMILES string of the molecule is O=C(Nc1cccc(-c2c3nc(c(-c4cccc(NC(=O)C(F)(F)F)c4)c4ccc([nH]4)c(-c4cccc(NC(=O)C(F)(F)F)c4)c4nc(c(-c5cccc(NC(=O)C(F)(F)F)c5)c5ccc2[nH]5)C=C4)C=C3)c1)C(F)(F)F. The number of anilines is 4. The third kappa shape index (κ3) is 10.9. The fourth-order valence-corrected chi connectivity index (χ4v) is 8.24. The van der Waals surface area contributed by atoms with Crippen LogP contribution < -0.4 is 21.3 Å². The first-order chi connectivity index (χ1) is 35.8. The number of benzene rings is 4. The lowest BCUT2D eigenvalue weighted by Gasteiger charge is -2.11. The first-order valence-electron chi connectivity index (χ1n) is 21.9. The summed E-state index contributed by atoms with van der Waals surface area (Å²) in [6.07, 6.45) is -15.1. The van der Waals surface area contributed by atoms with Crippen LogP contribution in [-0.4, -0.2) is 68.3 Å². The molecule has 0 aliphatic carbocycles. The van der Waals surface area contributed by atoms with Crippen molar-refractivity contribution in [3.8, 4) is 44.5 Å². The molecule has 0 fully saturated rings. The van der Waals surface area contributed by atoms with Crippen molar-refractivity contribution in [3.05, 3.63) is 144 Å². The number of hydrogen-bond acceptors (Lipinski definition) is 6. The van der Waals surface area contributed by atoms with Crippen LogP contribution in [0.1, 0.15) is 22.8 Å². The molecule has 8 bridgehead atoms. The number of nitrogens with one attached hydrogen (secondary N) is 6. The predicted molar refractivity (Wildman–Crippen MR) is 259 cm³/mol. The van der Waals surface area contributed by atoms with Crippen LogP contribution in [0.4, 0.5) is 75.4 Å². The van der Waals surface area contributed by atoms with Gasteiger partial charge in [-0.25, -0.2) is 9.97 Å². The van der Waals surface area contributed by atoms with Gasteiger partial charge < -0.3 is 31.2 Å². The van der Waals surface area contributed by atoms with Gasteiger partial charge in [0.2, 0.25) is 0 Å². The van der Waals surface area contributed by atoms with Crippen molar-refractivity contribution in [1.29, 1.82) is 0 Å². The summed E-state index contributed by atoms with van der Waals surface area (Å²) >= 11 is 0. The number of aromatic nitrogens is 4. The minimum Gasteiger partial charge on any atom is -0.354 e. The van der Waals surface area contributed by atoms with Gasteiger partial charge in [-0.1, -0.05) is 48.5 Å². The number of aromatic amines is 2. The molecule has 3 aromatic heterocycles. The third-order valence-electron chi connectivity index (χ3n) is 11.4. The van der Waals surface area contributed by atoms with Crippen molar-refractivity contribution < 1.29 is 71.9 Å². The largest absolute Gasteiger partial charge is 0.471 e. The van der Waals surface area contributed by atoms with Crippen LogP contribution in [-0.2, 0) is 19.2 Å². The van der Waals surface area contributed by atoms with Gasteiger partial charge in [0.1, 0.15) is 0 Å². The lowest BCUT2D eigenvalue weighted by molar-refractivity contribution is -0.167.